The predicted octanol–water partition coefficient (Wildman–Crippen LogP) is 5.62. The Morgan fingerprint density at radius 3 is 2.96 bits per heavy atom. The van der Waals surface area contributed by atoms with E-state index in [0.717, 1.165) is 5.56 Å². The molecule has 0 spiro atoms. The van der Waals surface area contributed by atoms with Gasteiger partial charge in [0.25, 0.3) is 0 Å². The van der Waals surface area contributed by atoms with Crippen molar-refractivity contribution in [3.05, 3.63) is 41.0 Å². The number of fused-ring (bicyclic) bond motifs is 5. The van der Waals surface area contributed by atoms with Gasteiger partial charge >= 0.3 is 0 Å². The molecule has 4 atom stereocenters. The second kappa shape index (κ2) is 5.75. The molecular formula is C22H28O2. The van der Waals surface area contributed by atoms with Gasteiger partial charge in [0.2, 0.25) is 0 Å². The van der Waals surface area contributed by atoms with E-state index in [1.807, 2.05) is 6.07 Å². The molecule has 1 aromatic carbocycles. The molecule has 0 heterocycles. The number of Topliss-reactive ketones (excluding diaryl/α,β-unsaturated/α-hetero) is 1. The molecule has 0 aromatic heterocycles. The van der Waals surface area contributed by atoms with Gasteiger partial charge in [0, 0.05) is 12.0 Å². The number of phenolic OH excluding ortho intramolecular Hbond substituents is 1. The van der Waals surface area contributed by atoms with E-state index in [0.29, 0.717) is 29.6 Å². The molecule has 1 aromatic rings. The van der Waals surface area contributed by atoms with E-state index >= 15 is 0 Å². The highest BCUT2D eigenvalue weighted by Gasteiger charge is 2.53. The highest BCUT2D eigenvalue weighted by atomic mass is 16.3. The number of allylic oxidation sites excluding steroid dienone is 2. The standard InChI is InChI=1S/C22H28O2/c1-3-4-5-14-6-9-20-18-13-21(24)19-12-15(23)7-8-16(19)17(18)10-11-22(14,20)2/h5,7-8,12,17-18,20,23H,3-4,6,9-11,13H2,1-2H3/b14-5-/t17-,18-,20+,22-/m1/s1. The van der Waals surface area contributed by atoms with E-state index < -0.39 is 0 Å². The molecule has 3 aliphatic rings. The van der Waals surface area contributed by atoms with Crippen LogP contribution in [0.25, 0.3) is 0 Å². The molecule has 1 N–H and O–H groups in total. The van der Waals surface area contributed by atoms with E-state index in [9.17, 15) is 9.90 Å². The normalized spacial score (nSPS) is 36.3. The molecule has 3 aliphatic carbocycles. The van der Waals surface area contributed by atoms with E-state index in [1.165, 1.54) is 44.1 Å². The summed E-state index contributed by atoms with van der Waals surface area (Å²) in [6.07, 6.45) is 10.4. The van der Waals surface area contributed by atoms with E-state index in [2.05, 4.69) is 19.9 Å². The molecule has 0 amide bonds. The Morgan fingerprint density at radius 2 is 2.17 bits per heavy atom. The van der Waals surface area contributed by atoms with Crippen LogP contribution in [-0.4, -0.2) is 10.9 Å². The second-order valence-corrected chi connectivity index (χ2v) is 8.29. The Bertz CT molecular complexity index is 702. The van der Waals surface area contributed by atoms with E-state index in [-0.39, 0.29) is 11.5 Å². The van der Waals surface area contributed by atoms with Gasteiger partial charge in [-0.25, -0.2) is 0 Å². The van der Waals surface area contributed by atoms with Gasteiger partial charge in [-0.1, -0.05) is 38.0 Å². The molecule has 0 radical (unpaired) electrons. The summed E-state index contributed by atoms with van der Waals surface area (Å²) in [4.78, 5) is 12.7. The van der Waals surface area contributed by atoms with Crippen molar-refractivity contribution in [3.8, 4) is 5.75 Å². The maximum absolute atomic E-state index is 12.7. The molecule has 2 fully saturated rings. The number of hydrogen-bond donors (Lipinski definition) is 1. The van der Waals surface area contributed by atoms with Crippen molar-refractivity contribution in [2.45, 2.75) is 64.7 Å². The molecule has 2 saturated carbocycles. The fourth-order valence-corrected chi connectivity index (χ4v) is 5.89. The lowest BCUT2D eigenvalue weighted by Crippen LogP contribution is -2.41. The summed E-state index contributed by atoms with van der Waals surface area (Å²) < 4.78 is 0. The minimum Gasteiger partial charge on any atom is -0.508 e. The fourth-order valence-electron chi connectivity index (χ4n) is 5.89. The smallest absolute Gasteiger partial charge is 0.163 e. The van der Waals surface area contributed by atoms with Crippen LogP contribution in [0.15, 0.2) is 29.8 Å². The number of carbonyl (C=O) groups is 1. The van der Waals surface area contributed by atoms with E-state index in [1.54, 1.807) is 17.7 Å². The number of phenols is 1. The van der Waals surface area contributed by atoms with Crippen molar-refractivity contribution in [1.82, 2.24) is 0 Å². The average Bonchev–Trinajstić information content (AvgIpc) is 2.90. The van der Waals surface area contributed by atoms with Crippen LogP contribution < -0.4 is 0 Å². The quantitative estimate of drug-likeness (QED) is 0.717. The van der Waals surface area contributed by atoms with Gasteiger partial charge in [0.15, 0.2) is 5.78 Å². The first kappa shape index (κ1) is 15.9. The summed E-state index contributed by atoms with van der Waals surface area (Å²) in [6.45, 7) is 4.70. The monoisotopic (exact) mass is 324 g/mol. The molecule has 128 valence electrons. The summed E-state index contributed by atoms with van der Waals surface area (Å²) in [7, 11) is 0. The maximum Gasteiger partial charge on any atom is 0.163 e. The van der Waals surface area contributed by atoms with Crippen LogP contribution in [0.4, 0.5) is 0 Å². The van der Waals surface area contributed by atoms with Crippen LogP contribution in [-0.2, 0) is 0 Å². The summed E-state index contributed by atoms with van der Waals surface area (Å²) in [5, 5.41) is 9.75. The van der Waals surface area contributed by atoms with Crippen LogP contribution in [0, 0.1) is 17.3 Å². The molecule has 0 bridgehead atoms. The lowest BCUT2D eigenvalue weighted by molar-refractivity contribution is 0.0652. The highest BCUT2D eigenvalue weighted by molar-refractivity contribution is 5.99. The van der Waals surface area contributed by atoms with Crippen molar-refractivity contribution in [2.75, 3.05) is 0 Å². The van der Waals surface area contributed by atoms with Gasteiger partial charge in [0.05, 0.1) is 0 Å². The molecule has 0 unspecified atom stereocenters. The Hall–Kier alpha value is -1.57. The van der Waals surface area contributed by atoms with Crippen LogP contribution >= 0.6 is 0 Å². The fraction of sp³-hybridized carbons (Fsp3) is 0.591. The highest BCUT2D eigenvalue weighted by Crippen LogP contribution is 2.62. The van der Waals surface area contributed by atoms with Crippen molar-refractivity contribution < 1.29 is 9.90 Å². The average molecular weight is 324 g/mol. The summed E-state index contributed by atoms with van der Waals surface area (Å²) in [5.41, 5.74) is 3.95. The molecule has 4 rings (SSSR count). The summed E-state index contributed by atoms with van der Waals surface area (Å²) >= 11 is 0. The number of hydrogen-bond acceptors (Lipinski definition) is 2. The Labute approximate surface area is 145 Å². The summed E-state index contributed by atoms with van der Waals surface area (Å²) in [6, 6.07) is 5.44. The minimum absolute atomic E-state index is 0.215. The SMILES string of the molecule is CCC/C=C1/CC[C@H]2[C@@H]3CC(=O)c4cc(O)ccc4[C@H]3CC[C@]12C. The van der Waals surface area contributed by atoms with Gasteiger partial charge in [-0.2, -0.15) is 0 Å². The number of carbonyl (C=O) groups excluding carboxylic acids is 1. The van der Waals surface area contributed by atoms with Gasteiger partial charge in [-0.15, -0.1) is 0 Å². The molecule has 2 heteroatoms. The van der Waals surface area contributed by atoms with Crippen molar-refractivity contribution in [3.63, 3.8) is 0 Å². The summed E-state index contributed by atoms with van der Waals surface area (Å²) in [5.74, 6) is 2.08. The molecular weight excluding hydrogens is 296 g/mol. The van der Waals surface area contributed by atoms with Crippen molar-refractivity contribution in [2.24, 2.45) is 17.3 Å². The second-order valence-electron chi connectivity index (χ2n) is 8.29. The predicted molar refractivity (Wildman–Crippen MR) is 96.3 cm³/mol. The first-order valence-electron chi connectivity index (χ1n) is 9.60. The minimum atomic E-state index is 0.215. The zero-order chi connectivity index (χ0) is 16.9. The third-order valence-electron chi connectivity index (χ3n) is 7.12. The van der Waals surface area contributed by atoms with Crippen molar-refractivity contribution in [1.29, 1.82) is 0 Å². The van der Waals surface area contributed by atoms with Gasteiger partial charge in [-0.3, -0.25) is 4.79 Å². The number of unbranched alkanes of at least 4 members (excludes halogenated alkanes) is 1. The van der Waals surface area contributed by atoms with Gasteiger partial charge in [-0.05, 0) is 73.0 Å². The van der Waals surface area contributed by atoms with Crippen LogP contribution in [0.2, 0.25) is 0 Å². The third kappa shape index (κ3) is 2.26. The van der Waals surface area contributed by atoms with Crippen LogP contribution in [0.1, 0.15) is 80.6 Å². The van der Waals surface area contributed by atoms with E-state index in [4.69, 9.17) is 0 Å². The molecule has 24 heavy (non-hydrogen) atoms. The molecule has 0 saturated heterocycles. The first-order valence-corrected chi connectivity index (χ1v) is 9.60. The largest absolute Gasteiger partial charge is 0.508 e. The topological polar surface area (TPSA) is 37.3 Å². The zero-order valence-electron chi connectivity index (χ0n) is 14.8. The van der Waals surface area contributed by atoms with Crippen LogP contribution in [0.3, 0.4) is 0 Å². The molecule has 0 aliphatic heterocycles. The van der Waals surface area contributed by atoms with Gasteiger partial charge < -0.3 is 5.11 Å². The number of aromatic hydroxyl groups is 1. The molecule has 2 nitrogen and oxygen atoms in total. The van der Waals surface area contributed by atoms with Crippen LogP contribution in [0.5, 0.6) is 5.75 Å². The lowest BCUT2D eigenvalue weighted by Gasteiger charge is -2.49. The Kier molecular flexibility index (Phi) is 3.82. The number of rotatable bonds is 2. The lowest BCUT2D eigenvalue weighted by atomic mass is 9.55. The number of ketones is 1. The van der Waals surface area contributed by atoms with Gasteiger partial charge in [0.1, 0.15) is 5.75 Å². The number of benzene rings is 1. The Balaban J connectivity index is 1.70. The zero-order valence-corrected chi connectivity index (χ0v) is 14.8. The third-order valence-corrected chi connectivity index (χ3v) is 7.12. The van der Waals surface area contributed by atoms with Crippen molar-refractivity contribution >= 4 is 5.78 Å². The Morgan fingerprint density at radius 1 is 1.33 bits per heavy atom. The first-order chi connectivity index (χ1) is 11.5. The maximum atomic E-state index is 12.7.